The highest BCUT2D eigenvalue weighted by Crippen LogP contribution is 2.11. The molecule has 0 radical (unpaired) electrons. The smallest absolute Gasteiger partial charge is 0.329 e. The second-order valence-corrected chi connectivity index (χ2v) is 2.58. The van der Waals surface area contributed by atoms with Gasteiger partial charge in [0.25, 0.3) is 0 Å². The minimum absolute atomic E-state index is 0.0226. The summed E-state index contributed by atoms with van der Waals surface area (Å²) in [5, 5.41) is 11.2. The Morgan fingerprint density at radius 3 is 3.08 bits per heavy atom. The molecule has 0 aliphatic carbocycles. The first-order valence-electron chi connectivity index (χ1n) is 3.89. The van der Waals surface area contributed by atoms with Crippen LogP contribution in [0.4, 0.5) is 0 Å². The highest BCUT2D eigenvalue weighted by Gasteiger charge is 2.04. The Hall–Kier alpha value is -1.71. The zero-order chi connectivity index (χ0) is 9.68. The van der Waals surface area contributed by atoms with E-state index in [2.05, 4.69) is 5.32 Å². The van der Waals surface area contributed by atoms with Crippen molar-refractivity contribution in [2.45, 2.75) is 13.0 Å². The van der Waals surface area contributed by atoms with Crippen molar-refractivity contribution in [1.29, 1.82) is 0 Å². The van der Waals surface area contributed by atoms with Crippen molar-refractivity contribution in [3.8, 4) is 0 Å². The Morgan fingerprint density at radius 2 is 2.54 bits per heavy atom. The lowest BCUT2D eigenvalue weighted by atomic mass is 10.2. The zero-order valence-electron chi connectivity index (χ0n) is 7.23. The fourth-order valence-corrected chi connectivity index (χ4v) is 0.884. The van der Waals surface area contributed by atoms with E-state index in [1.165, 1.54) is 6.20 Å². The van der Waals surface area contributed by atoms with Crippen molar-refractivity contribution in [3.63, 3.8) is 0 Å². The van der Waals surface area contributed by atoms with Gasteiger partial charge in [0.15, 0.2) is 0 Å². The van der Waals surface area contributed by atoms with E-state index >= 15 is 0 Å². The van der Waals surface area contributed by atoms with E-state index in [1.807, 2.05) is 13.0 Å². The maximum absolute atomic E-state index is 10.1. The second kappa shape index (κ2) is 4.35. The molecule has 1 aromatic rings. The number of nitrogens with one attached hydrogen (secondary N) is 1. The first-order chi connectivity index (χ1) is 6.20. The highest BCUT2D eigenvalue weighted by atomic mass is 16.4. The van der Waals surface area contributed by atoms with Crippen LogP contribution in [-0.2, 0) is 4.79 Å². The van der Waals surface area contributed by atoms with E-state index in [9.17, 15) is 4.79 Å². The van der Waals surface area contributed by atoms with Gasteiger partial charge in [-0.1, -0.05) is 0 Å². The molecule has 4 heteroatoms. The molecule has 70 valence electrons. The van der Waals surface area contributed by atoms with Crippen LogP contribution in [-0.4, -0.2) is 11.1 Å². The summed E-state index contributed by atoms with van der Waals surface area (Å²) in [7, 11) is 0. The Morgan fingerprint density at radius 1 is 1.77 bits per heavy atom. The molecular formula is C9H11NO3. The predicted molar refractivity (Wildman–Crippen MR) is 47.0 cm³/mol. The van der Waals surface area contributed by atoms with Crippen molar-refractivity contribution in [3.05, 3.63) is 36.4 Å². The van der Waals surface area contributed by atoms with Crippen LogP contribution in [0.15, 0.2) is 35.1 Å². The zero-order valence-corrected chi connectivity index (χ0v) is 7.23. The molecule has 0 saturated carbocycles. The predicted octanol–water partition coefficient (Wildman–Crippen LogP) is 1.53. The number of carboxylic acid groups (broad SMARTS) is 1. The summed E-state index contributed by atoms with van der Waals surface area (Å²) < 4.78 is 5.11. The molecule has 1 aromatic heterocycles. The topological polar surface area (TPSA) is 62.5 Å². The van der Waals surface area contributed by atoms with Gasteiger partial charge in [0.05, 0.1) is 12.3 Å². The van der Waals surface area contributed by atoms with E-state index in [4.69, 9.17) is 9.52 Å². The lowest BCUT2D eigenvalue weighted by molar-refractivity contribution is -0.131. The third kappa shape index (κ3) is 3.02. The molecule has 1 heterocycles. The van der Waals surface area contributed by atoms with E-state index in [0.717, 1.165) is 11.8 Å². The average molecular weight is 181 g/mol. The minimum Gasteiger partial charge on any atom is -0.478 e. The Bertz CT molecular complexity index is 290. The lowest BCUT2D eigenvalue weighted by Crippen LogP contribution is -2.11. The van der Waals surface area contributed by atoms with Gasteiger partial charge in [-0.15, -0.1) is 0 Å². The Labute approximate surface area is 75.9 Å². The van der Waals surface area contributed by atoms with E-state index in [1.54, 1.807) is 12.3 Å². The largest absolute Gasteiger partial charge is 0.478 e. The van der Waals surface area contributed by atoms with Crippen LogP contribution in [0.2, 0.25) is 0 Å². The van der Waals surface area contributed by atoms with Crippen LogP contribution in [0.5, 0.6) is 0 Å². The number of hydrogen-bond acceptors (Lipinski definition) is 3. The number of furan rings is 1. The lowest BCUT2D eigenvalue weighted by Gasteiger charge is -2.06. The summed E-state index contributed by atoms with van der Waals surface area (Å²) in [6.45, 7) is 1.88. The van der Waals surface area contributed by atoms with Crippen molar-refractivity contribution in [2.75, 3.05) is 0 Å². The van der Waals surface area contributed by atoms with Crippen LogP contribution in [0, 0.1) is 0 Å². The van der Waals surface area contributed by atoms with E-state index in [0.29, 0.717) is 0 Å². The van der Waals surface area contributed by atoms with Gasteiger partial charge >= 0.3 is 5.97 Å². The quantitative estimate of drug-likeness (QED) is 0.691. The third-order valence-corrected chi connectivity index (χ3v) is 1.54. The molecule has 1 unspecified atom stereocenters. The maximum Gasteiger partial charge on any atom is 0.329 e. The molecule has 13 heavy (non-hydrogen) atoms. The van der Waals surface area contributed by atoms with Gasteiger partial charge < -0.3 is 14.8 Å². The number of hydrogen-bond donors (Lipinski definition) is 2. The third-order valence-electron chi connectivity index (χ3n) is 1.54. The van der Waals surface area contributed by atoms with Crippen molar-refractivity contribution in [2.24, 2.45) is 0 Å². The molecule has 1 rings (SSSR count). The number of rotatable bonds is 4. The molecule has 4 nitrogen and oxygen atoms in total. The Balaban J connectivity index is 2.43. The maximum atomic E-state index is 10.1. The normalized spacial score (nSPS) is 13.0. The summed E-state index contributed by atoms with van der Waals surface area (Å²) in [6, 6.07) is 3.59. The molecule has 1 atom stereocenters. The van der Waals surface area contributed by atoms with Crippen LogP contribution in [0.25, 0.3) is 0 Å². The van der Waals surface area contributed by atoms with Crippen LogP contribution < -0.4 is 5.32 Å². The molecule has 0 aromatic carbocycles. The van der Waals surface area contributed by atoms with Gasteiger partial charge in [-0.25, -0.2) is 4.79 Å². The van der Waals surface area contributed by atoms with Crippen LogP contribution in [0.1, 0.15) is 18.7 Å². The molecular weight excluding hydrogens is 170 g/mol. The summed E-state index contributed by atoms with van der Waals surface area (Å²) in [5.41, 5.74) is 0. The van der Waals surface area contributed by atoms with Gasteiger partial charge in [0.2, 0.25) is 0 Å². The Kier molecular flexibility index (Phi) is 3.14. The second-order valence-electron chi connectivity index (χ2n) is 2.58. The standard InChI is InChI=1S/C9H11NO3/c1-7(8-3-2-6-13-8)10-5-4-9(11)12/h2-7,10H,1H3,(H,11,12)/b5-4+. The van der Waals surface area contributed by atoms with Crippen LogP contribution in [0.3, 0.4) is 0 Å². The van der Waals surface area contributed by atoms with Crippen LogP contribution >= 0.6 is 0 Å². The number of aliphatic carboxylic acids is 1. The van der Waals surface area contributed by atoms with Gasteiger partial charge in [-0.05, 0) is 19.1 Å². The van der Waals surface area contributed by atoms with Gasteiger partial charge in [0, 0.05) is 12.3 Å². The van der Waals surface area contributed by atoms with Crippen molar-refractivity contribution in [1.82, 2.24) is 5.32 Å². The number of carbonyl (C=O) groups is 1. The summed E-state index contributed by atoms with van der Waals surface area (Å²) in [6.07, 6.45) is 4.00. The minimum atomic E-state index is -0.973. The fourth-order valence-electron chi connectivity index (χ4n) is 0.884. The summed E-state index contributed by atoms with van der Waals surface area (Å²) >= 11 is 0. The highest BCUT2D eigenvalue weighted by molar-refractivity contribution is 5.79. The van der Waals surface area contributed by atoms with Gasteiger partial charge in [0.1, 0.15) is 5.76 Å². The number of carboxylic acids is 1. The molecule has 0 fully saturated rings. The van der Waals surface area contributed by atoms with Crippen molar-refractivity contribution >= 4 is 5.97 Å². The molecule has 0 bridgehead atoms. The molecule has 2 N–H and O–H groups in total. The molecule has 0 amide bonds. The van der Waals surface area contributed by atoms with Crippen molar-refractivity contribution < 1.29 is 14.3 Å². The van der Waals surface area contributed by atoms with Gasteiger partial charge in [-0.2, -0.15) is 0 Å². The molecule has 0 spiro atoms. The molecule has 0 aliphatic heterocycles. The summed E-state index contributed by atoms with van der Waals surface area (Å²) in [4.78, 5) is 10.1. The van der Waals surface area contributed by atoms with Gasteiger partial charge in [-0.3, -0.25) is 0 Å². The first-order valence-corrected chi connectivity index (χ1v) is 3.89. The fraction of sp³-hybridized carbons (Fsp3) is 0.222. The van der Waals surface area contributed by atoms with E-state index in [-0.39, 0.29) is 6.04 Å². The van der Waals surface area contributed by atoms with E-state index < -0.39 is 5.97 Å². The monoisotopic (exact) mass is 181 g/mol. The molecule has 0 saturated heterocycles. The molecule has 0 aliphatic rings. The average Bonchev–Trinajstić information content (AvgIpc) is 2.55. The first kappa shape index (κ1) is 9.38. The summed E-state index contributed by atoms with van der Waals surface area (Å²) in [5.74, 6) is -0.200. The SMILES string of the molecule is CC(N/C=C/C(=O)O)c1ccco1.